The molecule has 0 saturated heterocycles. The van der Waals surface area contributed by atoms with Crippen LogP contribution in [0.3, 0.4) is 0 Å². The van der Waals surface area contributed by atoms with Gasteiger partial charge in [-0.3, -0.25) is 4.79 Å². The van der Waals surface area contributed by atoms with Gasteiger partial charge in [0.1, 0.15) is 0 Å². The molecule has 1 rings (SSSR count). The Morgan fingerprint density at radius 1 is 0.880 bits per heavy atom. The fourth-order valence-corrected chi connectivity index (χ4v) is 3.63. The first-order valence-electron chi connectivity index (χ1n) is 10.0. The fraction of sp³-hybridized carbons (Fsp3) is 0.682. The van der Waals surface area contributed by atoms with Crippen LogP contribution in [0.25, 0.3) is 0 Å². The van der Waals surface area contributed by atoms with E-state index in [1.807, 2.05) is 0 Å². The Morgan fingerprint density at radius 2 is 1.40 bits per heavy atom. The number of hydrogen-bond acceptors (Lipinski definition) is 1. The molecule has 0 amide bonds. The van der Waals surface area contributed by atoms with E-state index in [9.17, 15) is 4.79 Å². The van der Waals surface area contributed by atoms with Crippen molar-refractivity contribution in [2.24, 2.45) is 5.92 Å². The summed E-state index contributed by atoms with van der Waals surface area (Å²) in [7, 11) is 0. The van der Waals surface area contributed by atoms with Crippen molar-refractivity contribution >= 4 is 28.6 Å². The van der Waals surface area contributed by atoms with Crippen LogP contribution < -0.4 is 0 Å². The number of carbonyl (C=O) groups is 1. The Balaban J connectivity index is 1.87. The van der Waals surface area contributed by atoms with Crippen LogP contribution in [0.5, 0.6) is 0 Å². The lowest BCUT2D eigenvalue weighted by atomic mass is 9.95. The van der Waals surface area contributed by atoms with Gasteiger partial charge in [-0.1, -0.05) is 76.8 Å². The lowest BCUT2D eigenvalue weighted by Gasteiger charge is -2.11. The minimum absolute atomic E-state index is 0.333. The third-order valence-electron chi connectivity index (χ3n) is 4.91. The maximum absolute atomic E-state index is 10.4. The van der Waals surface area contributed by atoms with Gasteiger partial charge in [-0.2, -0.15) is 0 Å². The van der Waals surface area contributed by atoms with Gasteiger partial charge in [-0.05, 0) is 65.5 Å². The van der Waals surface area contributed by atoms with E-state index < -0.39 is 5.97 Å². The highest BCUT2D eigenvalue weighted by Gasteiger charge is 2.03. The van der Waals surface area contributed by atoms with Gasteiger partial charge in [0.2, 0.25) is 0 Å². The van der Waals surface area contributed by atoms with Crippen LogP contribution in [0.15, 0.2) is 24.3 Å². The van der Waals surface area contributed by atoms with Gasteiger partial charge in [-0.25, -0.2) is 0 Å². The molecule has 1 aromatic rings. The average molecular weight is 462 g/mol. The second kappa shape index (κ2) is 14.6. The number of carboxylic acids is 1. The lowest BCUT2D eigenvalue weighted by molar-refractivity contribution is -0.137. The monoisotopic (exact) mass is 462 g/mol. The quantitative estimate of drug-likeness (QED) is 0.220. The van der Waals surface area contributed by atoms with Crippen LogP contribution in [-0.4, -0.2) is 11.1 Å². The summed E-state index contributed by atoms with van der Waals surface area (Å²) in [5.41, 5.74) is 1.47. The van der Waals surface area contributed by atoms with E-state index >= 15 is 0 Å². The van der Waals surface area contributed by atoms with E-state index in [2.05, 4.69) is 53.8 Å². The van der Waals surface area contributed by atoms with Gasteiger partial charge in [0.15, 0.2) is 0 Å². The largest absolute Gasteiger partial charge is 0.481 e. The summed E-state index contributed by atoms with van der Waals surface area (Å²) in [4.78, 5) is 10.4. The summed E-state index contributed by atoms with van der Waals surface area (Å²) in [5.74, 6) is 0.183. The number of unbranched alkanes of at least 4 members (excludes halogenated alkanes) is 7. The number of rotatable bonds is 15. The van der Waals surface area contributed by atoms with Crippen molar-refractivity contribution in [3.8, 4) is 0 Å². The molecule has 1 unspecified atom stereocenters. The molecule has 0 aliphatic carbocycles. The molecular formula is C22H35IO2. The molecule has 0 saturated carbocycles. The Morgan fingerprint density at radius 3 is 2.00 bits per heavy atom. The summed E-state index contributed by atoms with van der Waals surface area (Å²) in [6.45, 7) is 2.38. The summed E-state index contributed by atoms with van der Waals surface area (Å²) in [6, 6.07) is 8.91. The maximum atomic E-state index is 10.4. The topological polar surface area (TPSA) is 37.3 Å². The highest BCUT2D eigenvalue weighted by Crippen LogP contribution is 2.18. The fourth-order valence-electron chi connectivity index (χ4n) is 3.27. The first-order valence-corrected chi connectivity index (χ1v) is 11.1. The van der Waals surface area contributed by atoms with Crippen molar-refractivity contribution in [1.29, 1.82) is 0 Å². The van der Waals surface area contributed by atoms with Gasteiger partial charge in [0.25, 0.3) is 0 Å². The first-order chi connectivity index (χ1) is 12.1. The molecule has 0 fully saturated rings. The molecule has 142 valence electrons. The molecule has 25 heavy (non-hydrogen) atoms. The smallest absolute Gasteiger partial charge is 0.303 e. The second-order valence-corrected chi connectivity index (χ2v) is 8.63. The van der Waals surface area contributed by atoms with Crippen molar-refractivity contribution in [2.75, 3.05) is 0 Å². The number of benzene rings is 1. The normalized spacial score (nSPS) is 12.2. The Bertz CT molecular complexity index is 456. The minimum atomic E-state index is -0.660. The van der Waals surface area contributed by atoms with Crippen molar-refractivity contribution < 1.29 is 9.90 Å². The third kappa shape index (κ3) is 13.3. The summed E-state index contributed by atoms with van der Waals surface area (Å²) in [6.07, 6.45) is 15.3. The second-order valence-electron chi connectivity index (χ2n) is 7.38. The van der Waals surface area contributed by atoms with Gasteiger partial charge in [0, 0.05) is 9.99 Å². The Labute approximate surface area is 167 Å². The predicted octanol–water partition coefficient (Wildman–Crippen LogP) is 7.24. The molecule has 1 atom stereocenters. The van der Waals surface area contributed by atoms with Crippen LogP contribution in [0, 0.1) is 9.49 Å². The van der Waals surface area contributed by atoms with E-state index in [0.29, 0.717) is 6.42 Å². The van der Waals surface area contributed by atoms with Crippen molar-refractivity contribution in [1.82, 2.24) is 0 Å². The van der Waals surface area contributed by atoms with E-state index in [0.717, 1.165) is 18.8 Å². The molecule has 0 heterocycles. The zero-order chi connectivity index (χ0) is 18.3. The molecule has 0 aliphatic heterocycles. The van der Waals surface area contributed by atoms with E-state index in [4.69, 9.17) is 5.11 Å². The van der Waals surface area contributed by atoms with Crippen LogP contribution in [-0.2, 0) is 11.2 Å². The van der Waals surface area contributed by atoms with Crippen molar-refractivity contribution in [3.63, 3.8) is 0 Å². The molecule has 0 aromatic heterocycles. The molecule has 0 spiro atoms. The third-order valence-corrected chi connectivity index (χ3v) is 5.63. The molecular weight excluding hydrogens is 427 g/mol. The number of halogens is 1. The van der Waals surface area contributed by atoms with Crippen LogP contribution >= 0.6 is 22.6 Å². The SMILES string of the molecule is CC(CCCCCCCC(=O)O)CCCCCCc1ccc([131I])cc1. The number of carboxylic acid groups (broad SMARTS) is 1. The number of aliphatic carboxylic acids is 1. The summed E-state index contributed by atoms with van der Waals surface area (Å²) in [5, 5.41) is 8.59. The minimum Gasteiger partial charge on any atom is -0.481 e. The molecule has 2 nitrogen and oxygen atoms in total. The average Bonchev–Trinajstić information content (AvgIpc) is 2.58. The molecule has 3 heteroatoms. The summed E-state index contributed by atoms with van der Waals surface area (Å²) < 4.78 is 1.32. The zero-order valence-electron chi connectivity index (χ0n) is 15.8. The Hall–Kier alpha value is -0.580. The van der Waals surface area contributed by atoms with Gasteiger partial charge in [-0.15, -0.1) is 0 Å². The standard InChI is InChI=1S/C22H35IO2/c1-19(11-7-3-2-4-10-14-22(24)25)12-8-5-6-9-13-20-15-17-21(23)18-16-20/h15-19H,2-14H2,1H3,(H,24,25)/i23+4. The van der Waals surface area contributed by atoms with Crippen LogP contribution in [0.1, 0.15) is 89.5 Å². The summed E-state index contributed by atoms with van der Waals surface area (Å²) >= 11 is 2.36. The van der Waals surface area contributed by atoms with Crippen molar-refractivity contribution in [2.45, 2.75) is 90.4 Å². The van der Waals surface area contributed by atoms with E-state index in [1.165, 1.54) is 73.3 Å². The maximum Gasteiger partial charge on any atom is 0.303 e. The number of hydrogen-bond donors (Lipinski definition) is 1. The molecule has 1 N–H and O–H groups in total. The Kier molecular flexibility index (Phi) is 13.1. The molecule has 0 bridgehead atoms. The van der Waals surface area contributed by atoms with Gasteiger partial charge >= 0.3 is 5.97 Å². The molecule has 0 radical (unpaired) electrons. The van der Waals surface area contributed by atoms with E-state index in [-0.39, 0.29) is 0 Å². The molecule has 1 aromatic carbocycles. The lowest BCUT2D eigenvalue weighted by Crippen LogP contribution is -1.96. The van der Waals surface area contributed by atoms with Gasteiger partial charge in [0.05, 0.1) is 0 Å². The zero-order valence-corrected chi connectivity index (χ0v) is 18.0. The number of aryl methyl sites for hydroxylation is 1. The highest BCUT2D eigenvalue weighted by molar-refractivity contribution is 14.1. The first kappa shape index (κ1) is 22.5. The van der Waals surface area contributed by atoms with Crippen LogP contribution in [0.4, 0.5) is 0 Å². The van der Waals surface area contributed by atoms with Crippen LogP contribution in [0.2, 0.25) is 0 Å². The molecule has 0 aliphatic rings. The van der Waals surface area contributed by atoms with Gasteiger partial charge < -0.3 is 5.11 Å². The predicted molar refractivity (Wildman–Crippen MR) is 115 cm³/mol. The van der Waals surface area contributed by atoms with Crippen molar-refractivity contribution in [3.05, 3.63) is 33.4 Å². The highest BCUT2D eigenvalue weighted by atomic mass is 131. The van der Waals surface area contributed by atoms with E-state index in [1.54, 1.807) is 0 Å².